The summed E-state index contributed by atoms with van der Waals surface area (Å²) < 4.78 is 11.7. The maximum absolute atomic E-state index is 12.6. The Morgan fingerprint density at radius 2 is 1.82 bits per heavy atom. The van der Waals surface area contributed by atoms with Gasteiger partial charge in [-0.05, 0) is 67.1 Å². The molecule has 2 unspecified atom stereocenters. The minimum Gasteiger partial charge on any atom is -0.492 e. The molecule has 3 rings (SSSR count). The van der Waals surface area contributed by atoms with Gasteiger partial charge in [-0.15, -0.1) is 0 Å². The monoisotopic (exact) mass is 450 g/mol. The topological polar surface area (TPSA) is 72.8 Å². The van der Waals surface area contributed by atoms with Crippen molar-refractivity contribution in [3.05, 3.63) is 82.9 Å². The molecule has 0 saturated heterocycles. The third-order valence-electron chi connectivity index (χ3n) is 6.08. The van der Waals surface area contributed by atoms with E-state index >= 15 is 0 Å². The normalized spacial score (nSPS) is 19.8. The van der Waals surface area contributed by atoms with Crippen LogP contribution >= 0.6 is 0 Å². The maximum Gasteiger partial charge on any atom is 0.339 e. The minimum atomic E-state index is -0.796. The molecule has 5 nitrogen and oxygen atoms in total. The zero-order valence-corrected chi connectivity index (χ0v) is 19.4. The number of aldehydes is 1. The first-order valence-electron chi connectivity index (χ1n) is 11.9. The van der Waals surface area contributed by atoms with Crippen LogP contribution < -0.4 is 0 Å². The highest BCUT2D eigenvalue weighted by atomic mass is 16.5. The first-order valence-corrected chi connectivity index (χ1v) is 11.9. The molecule has 0 saturated carbocycles. The van der Waals surface area contributed by atoms with E-state index in [1.54, 1.807) is 12.2 Å². The number of rotatable bonds is 11. The number of hydrogen-bond donors (Lipinski definition) is 1. The molecular weight excluding hydrogens is 416 g/mol. The number of hydrogen-bond acceptors (Lipinski definition) is 5. The molecule has 0 fully saturated rings. The lowest BCUT2D eigenvalue weighted by molar-refractivity contribution is -0.135. The molecule has 1 N–H and O–H groups in total. The smallest absolute Gasteiger partial charge is 0.339 e. The van der Waals surface area contributed by atoms with Crippen molar-refractivity contribution in [3.8, 4) is 0 Å². The zero-order chi connectivity index (χ0) is 23.6. The molecule has 0 aromatic rings. The summed E-state index contributed by atoms with van der Waals surface area (Å²) >= 11 is 0. The number of carbonyl (C=O) groups excluding carboxylic acids is 2. The van der Waals surface area contributed by atoms with E-state index in [0.29, 0.717) is 42.5 Å². The maximum atomic E-state index is 12.6. The highest BCUT2D eigenvalue weighted by Crippen LogP contribution is 2.30. The lowest BCUT2D eigenvalue weighted by Crippen LogP contribution is -2.29. The summed E-state index contributed by atoms with van der Waals surface area (Å²) in [5.74, 6) is 1.10. The van der Waals surface area contributed by atoms with Gasteiger partial charge in [-0.25, -0.2) is 4.79 Å². The van der Waals surface area contributed by atoms with E-state index in [2.05, 4.69) is 30.9 Å². The summed E-state index contributed by atoms with van der Waals surface area (Å²) in [5.41, 5.74) is 3.65. The molecule has 33 heavy (non-hydrogen) atoms. The summed E-state index contributed by atoms with van der Waals surface area (Å²) in [5, 5.41) is 10.4. The Labute approximate surface area is 196 Å². The molecule has 0 aliphatic heterocycles. The van der Waals surface area contributed by atoms with Crippen molar-refractivity contribution in [1.82, 2.24) is 0 Å². The van der Waals surface area contributed by atoms with E-state index in [4.69, 9.17) is 9.47 Å². The Bertz CT molecular complexity index is 941. The van der Waals surface area contributed by atoms with Crippen molar-refractivity contribution in [2.45, 2.75) is 76.9 Å². The fourth-order valence-electron chi connectivity index (χ4n) is 4.17. The SMILES string of the molecule is C=C(C=O)CC(O)C(CCC)OC1=CC=C(C(=O)OC2=CC=C(C3=CC=CCC3)CC2)CC1. The Morgan fingerprint density at radius 3 is 2.42 bits per heavy atom. The van der Waals surface area contributed by atoms with Gasteiger partial charge < -0.3 is 14.6 Å². The molecule has 0 spiro atoms. The highest BCUT2D eigenvalue weighted by Gasteiger charge is 2.24. The van der Waals surface area contributed by atoms with Gasteiger partial charge in [0.2, 0.25) is 0 Å². The average Bonchev–Trinajstić information content (AvgIpc) is 2.85. The van der Waals surface area contributed by atoms with Crippen LogP contribution in [0.5, 0.6) is 0 Å². The second-order valence-electron chi connectivity index (χ2n) is 8.69. The number of carbonyl (C=O) groups is 2. The predicted molar refractivity (Wildman–Crippen MR) is 129 cm³/mol. The van der Waals surface area contributed by atoms with Crippen molar-refractivity contribution in [1.29, 1.82) is 0 Å². The lowest BCUT2D eigenvalue weighted by atomic mass is 9.91. The Kier molecular flexibility index (Phi) is 9.25. The van der Waals surface area contributed by atoms with E-state index in [0.717, 1.165) is 37.9 Å². The molecule has 0 aromatic carbocycles. The highest BCUT2D eigenvalue weighted by molar-refractivity contribution is 5.89. The van der Waals surface area contributed by atoms with E-state index in [-0.39, 0.29) is 12.4 Å². The van der Waals surface area contributed by atoms with E-state index in [1.165, 1.54) is 11.1 Å². The molecule has 3 aliphatic carbocycles. The van der Waals surface area contributed by atoms with Crippen LogP contribution in [0.1, 0.15) is 64.7 Å². The number of aliphatic hydroxyl groups is 1. The summed E-state index contributed by atoms with van der Waals surface area (Å²) in [4.78, 5) is 23.4. The zero-order valence-electron chi connectivity index (χ0n) is 19.4. The third-order valence-corrected chi connectivity index (χ3v) is 6.08. The summed E-state index contributed by atoms with van der Waals surface area (Å²) in [6, 6.07) is 0. The molecule has 0 amide bonds. The number of ether oxygens (including phenoxy) is 2. The molecule has 0 heterocycles. The van der Waals surface area contributed by atoms with Gasteiger partial charge in [0.15, 0.2) is 0 Å². The van der Waals surface area contributed by atoms with Gasteiger partial charge >= 0.3 is 5.97 Å². The fourth-order valence-corrected chi connectivity index (χ4v) is 4.17. The Hall–Kier alpha value is -2.92. The van der Waals surface area contributed by atoms with Gasteiger partial charge in [0.1, 0.15) is 18.1 Å². The molecule has 0 radical (unpaired) electrons. The summed E-state index contributed by atoms with van der Waals surface area (Å²) in [6.45, 7) is 5.65. The molecule has 176 valence electrons. The van der Waals surface area contributed by atoms with Crippen LogP contribution in [0, 0.1) is 0 Å². The molecule has 0 aromatic heterocycles. The van der Waals surface area contributed by atoms with Crippen molar-refractivity contribution < 1.29 is 24.2 Å². The lowest BCUT2D eigenvalue weighted by Gasteiger charge is -2.26. The van der Waals surface area contributed by atoms with Crippen LogP contribution in [-0.2, 0) is 19.1 Å². The first-order chi connectivity index (χ1) is 16.0. The van der Waals surface area contributed by atoms with Crippen LogP contribution in [0.3, 0.4) is 0 Å². The van der Waals surface area contributed by atoms with Gasteiger partial charge in [-0.1, -0.05) is 44.2 Å². The van der Waals surface area contributed by atoms with Crippen molar-refractivity contribution in [3.63, 3.8) is 0 Å². The van der Waals surface area contributed by atoms with E-state index in [9.17, 15) is 14.7 Å². The van der Waals surface area contributed by atoms with Crippen LogP contribution in [-0.4, -0.2) is 29.6 Å². The summed E-state index contributed by atoms with van der Waals surface area (Å²) in [6.07, 6.45) is 19.9. The van der Waals surface area contributed by atoms with Crippen LogP contribution in [0.2, 0.25) is 0 Å². The molecule has 2 atom stereocenters. The quantitative estimate of drug-likeness (QED) is 0.248. The second kappa shape index (κ2) is 12.4. The van der Waals surface area contributed by atoms with Gasteiger partial charge in [0.05, 0.1) is 11.9 Å². The number of aliphatic hydroxyl groups excluding tert-OH is 1. The van der Waals surface area contributed by atoms with Crippen molar-refractivity contribution in [2.75, 3.05) is 0 Å². The average molecular weight is 451 g/mol. The molecule has 0 bridgehead atoms. The second-order valence-corrected chi connectivity index (χ2v) is 8.69. The third kappa shape index (κ3) is 7.29. The minimum absolute atomic E-state index is 0.189. The van der Waals surface area contributed by atoms with Gasteiger partial charge in [-0.2, -0.15) is 0 Å². The van der Waals surface area contributed by atoms with E-state index in [1.807, 2.05) is 13.0 Å². The Balaban J connectivity index is 1.56. The first kappa shape index (κ1) is 24.7. The van der Waals surface area contributed by atoms with Gasteiger partial charge in [0.25, 0.3) is 0 Å². The largest absolute Gasteiger partial charge is 0.492 e. The fraction of sp³-hybridized carbons (Fsp3) is 0.429. The van der Waals surface area contributed by atoms with Crippen LogP contribution in [0.15, 0.2) is 82.9 Å². The molecule has 5 heteroatoms. The molecule has 3 aliphatic rings. The Morgan fingerprint density at radius 1 is 1.06 bits per heavy atom. The number of esters is 1. The molecular formula is C28H34O5. The van der Waals surface area contributed by atoms with Crippen molar-refractivity contribution >= 4 is 12.3 Å². The van der Waals surface area contributed by atoms with Crippen LogP contribution in [0.25, 0.3) is 0 Å². The summed E-state index contributed by atoms with van der Waals surface area (Å²) in [7, 11) is 0. The van der Waals surface area contributed by atoms with Crippen molar-refractivity contribution in [2.24, 2.45) is 0 Å². The standard InChI is InChI=1S/C28H34O5/c1-3-7-27(26(30)18-20(2)19-29)32-24-16-12-23(13-17-24)28(31)33-25-14-10-22(11-15-25)21-8-5-4-6-9-21/h4-5,8,10,12,14,16,19,26-27,30H,2-3,6-7,9,11,13,15,17-18H2,1H3. The van der Waals surface area contributed by atoms with Crippen LogP contribution in [0.4, 0.5) is 0 Å². The van der Waals surface area contributed by atoms with Gasteiger partial charge in [0, 0.05) is 24.8 Å². The number of allylic oxidation sites excluding steroid dienone is 11. The predicted octanol–water partition coefficient (Wildman–Crippen LogP) is 5.71. The van der Waals surface area contributed by atoms with E-state index < -0.39 is 12.2 Å². The van der Waals surface area contributed by atoms with Gasteiger partial charge in [-0.3, -0.25) is 4.79 Å².